The van der Waals surface area contributed by atoms with Crippen molar-refractivity contribution in [2.24, 2.45) is 0 Å². The molecule has 0 aliphatic carbocycles. The Kier molecular flexibility index (Phi) is 10.00. The van der Waals surface area contributed by atoms with Gasteiger partial charge in [-0.05, 0) is 20.2 Å². The maximum atomic E-state index is 10.9. The van der Waals surface area contributed by atoms with Crippen LogP contribution < -0.4 is 16.0 Å². The first-order valence-electron chi connectivity index (χ1n) is 5.66. The molecule has 0 aliphatic heterocycles. The summed E-state index contributed by atoms with van der Waals surface area (Å²) in [6.07, 6.45) is 1.30. The van der Waals surface area contributed by atoms with Gasteiger partial charge in [0.2, 0.25) is 5.91 Å². The van der Waals surface area contributed by atoms with Crippen LogP contribution >= 0.6 is 0 Å². The van der Waals surface area contributed by atoms with Crippen LogP contribution in [0.2, 0.25) is 0 Å². The molecule has 0 aliphatic rings. The summed E-state index contributed by atoms with van der Waals surface area (Å²) in [5.41, 5.74) is 0. The number of nitrogens with zero attached hydrogens (tertiary/aromatic N) is 1. The summed E-state index contributed by atoms with van der Waals surface area (Å²) in [6.45, 7) is 8.83. The van der Waals surface area contributed by atoms with Crippen molar-refractivity contribution in [2.45, 2.75) is 0 Å². The Hall–Kier alpha value is -0.910. The van der Waals surface area contributed by atoms with Gasteiger partial charge in [-0.25, -0.2) is 0 Å². The summed E-state index contributed by atoms with van der Waals surface area (Å²) in [7, 11) is 3.88. The highest BCUT2D eigenvalue weighted by Crippen LogP contribution is 1.85. The Bertz CT molecular complexity index is 188. The highest BCUT2D eigenvalue weighted by atomic mass is 16.1. The zero-order valence-electron chi connectivity index (χ0n) is 10.4. The van der Waals surface area contributed by atoms with Gasteiger partial charge in [0.25, 0.3) is 0 Å². The maximum absolute atomic E-state index is 10.9. The van der Waals surface area contributed by atoms with Crippen molar-refractivity contribution in [1.82, 2.24) is 20.9 Å². The van der Waals surface area contributed by atoms with Crippen molar-refractivity contribution in [2.75, 3.05) is 53.4 Å². The Morgan fingerprint density at radius 2 is 1.62 bits per heavy atom. The summed E-state index contributed by atoms with van der Waals surface area (Å²) in [6, 6.07) is 0. The summed E-state index contributed by atoms with van der Waals surface area (Å²) >= 11 is 0. The smallest absolute Gasteiger partial charge is 0.243 e. The Labute approximate surface area is 98.3 Å². The lowest BCUT2D eigenvalue weighted by atomic mass is 10.4. The van der Waals surface area contributed by atoms with E-state index in [1.807, 2.05) is 14.1 Å². The van der Waals surface area contributed by atoms with E-state index >= 15 is 0 Å². The van der Waals surface area contributed by atoms with Gasteiger partial charge in [-0.15, -0.1) is 0 Å². The van der Waals surface area contributed by atoms with E-state index in [1.165, 1.54) is 6.08 Å². The van der Waals surface area contributed by atoms with E-state index in [1.54, 1.807) is 0 Å². The van der Waals surface area contributed by atoms with Gasteiger partial charge in [-0.3, -0.25) is 9.69 Å². The molecule has 0 aromatic rings. The van der Waals surface area contributed by atoms with Gasteiger partial charge in [0.05, 0.1) is 0 Å². The molecule has 1 amide bonds. The van der Waals surface area contributed by atoms with Crippen LogP contribution in [0.5, 0.6) is 0 Å². The van der Waals surface area contributed by atoms with E-state index in [0.717, 1.165) is 32.7 Å². The van der Waals surface area contributed by atoms with Crippen molar-refractivity contribution < 1.29 is 4.79 Å². The van der Waals surface area contributed by atoms with E-state index in [-0.39, 0.29) is 5.91 Å². The minimum Gasteiger partial charge on any atom is -0.351 e. The molecule has 0 heterocycles. The van der Waals surface area contributed by atoms with Crippen LogP contribution in [0, 0.1) is 0 Å². The molecular weight excluding hydrogens is 204 g/mol. The number of nitrogens with one attached hydrogen (secondary N) is 3. The van der Waals surface area contributed by atoms with E-state index in [0.29, 0.717) is 6.54 Å². The van der Waals surface area contributed by atoms with Gasteiger partial charge in [0.1, 0.15) is 0 Å². The highest BCUT2D eigenvalue weighted by Gasteiger charge is 2.03. The summed E-state index contributed by atoms with van der Waals surface area (Å²) in [4.78, 5) is 13.3. The van der Waals surface area contributed by atoms with Crippen molar-refractivity contribution >= 4 is 5.91 Å². The number of hydrogen-bond donors (Lipinski definition) is 3. The van der Waals surface area contributed by atoms with Gasteiger partial charge < -0.3 is 16.0 Å². The maximum Gasteiger partial charge on any atom is 0.243 e. The third-order valence-electron chi connectivity index (χ3n) is 2.27. The second kappa shape index (κ2) is 10.6. The molecule has 3 N–H and O–H groups in total. The summed E-state index contributed by atoms with van der Waals surface area (Å²) < 4.78 is 0. The molecule has 0 aromatic heterocycles. The quantitative estimate of drug-likeness (QED) is 0.421. The van der Waals surface area contributed by atoms with E-state index in [4.69, 9.17) is 0 Å². The zero-order valence-corrected chi connectivity index (χ0v) is 10.4. The predicted octanol–water partition coefficient (Wildman–Crippen LogP) is -0.971. The molecular formula is C11H24N4O. The first-order chi connectivity index (χ1) is 7.74. The molecule has 0 unspecified atom stereocenters. The SMILES string of the molecule is C=CC(=O)NCCN(CCNC)CCNC. The Balaban J connectivity index is 3.71. The number of rotatable bonds is 10. The molecule has 94 valence electrons. The fourth-order valence-corrected chi connectivity index (χ4v) is 1.28. The van der Waals surface area contributed by atoms with E-state index in [2.05, 4.69) is 27.4 Å². The van der Waals surface area contributed by atoms with Gasteiger partial charge in [-0.2, -0.15) is 0 Å². The Morgan fingerprint density at radius 1 is 1.12 bits per heavy atom. The fraction of sp³-hybridized carbons (Fsp3) is 0.727. The normalized spacial score (nSPS) is 10.4. The van der Waals surface area contributed by atoms with E-state index in [9.17, 15) is 4.79 Å². The van der Waals surface area contributed by atoms with Gasteiger partial charge >= 0.3 is 0 Å². The van der Waals surface area contributed by atoms with Crippen LogP contribution in [-0.4, -0.2) is 64.2 Å². The number of likely N-dealkylation sites (N-methyl/N-ethyl adjacent to an activating group) is 2. The van der Waals surface area contributed by atoms with Crippen LogP contribution in [-0.2, 0) is 4.79 Å². The second-order valence-electron chi connectivity index (χ2n) is 3.54. The second-order valence-corrected chi connectivity index (χ2v) is 3.54. The molecule has 0 saturated carbocycles. The standard InChI is InChI=1S/C11H24N4O/c1-4-11(16)14-7-10-15(8-5-12-2)9-6-13-3/h4,12-13H,1,5-10H2,2-3H3,(H,14,16). The third-order valence-corrected chi connectivity index (χ3v) is 2.27. The first kappa shape index (κ1) is 15.1. The van der Waals surface area contributed by atoms with Crippen LogP contribution in [0.3, 0.4) is 0 Å². The number of carbonyl (C=O) groups is 1. The minimum atomic E-state index is -0.109. The summed E-state index contributed by atoms with van der Waals surface area (Å²) in [5.74, 6) is -0.109. The minimum absolute atomic E-state index is 0.109. The predicted molar refractivity (Wildman–Crippen MR) is 67.5 cm³/mol. The lowest BCUT2D eigenvalue weighted by molar-refractivity contribution is -0.116. The average Bonchev–Trinajstić information content (AvgIpc) is 2.31. The van der Waals surface area contributed by atoms with Crippen molar-refractivity contribution in [3.05, 3.63) is 12.7 Å². The van der Waals surface area contributed by atoms with Crippen LogP contribution in [0.25, 0.3) is 0 Å². The van der Waals surface area contributed by atoms with E-state index < -0.39 is 0 Å². The molecule has 0 fully saturated rings. The number of amides is 1. The molecule has 0 saturated heterocycles. The molecule has 0 radical (unpaired) electrons. The lowest BCUT2D eigenvalue weighted by Crippen LogP contribution is -2.40. The van der Waals surface area contributed by atoms with Crippen LogP contribution in [0.15, 0.2) is 12.7 Å². The molecule has 0 aromatic carbocycles. The number of carbonyl (C=O) groups excluding carboxylic acids is 1. The topological polar surface area (TPSA) is 56.4 Å². The molecule has 16 heavy (non-hydrogen) atoms. The van der Waals surface area contributed by atoms with Crippen LogP contribution in [0.1, 0.15) is 0 Å². The molecule has 0 rings (SSSR count). The van der Waals surface area contributed by atoms with Crippen molar-refractivity contribution in [3.8, 4) is 0 Å². The van der Waals surface area contributed by atoms with Gasteiger partial charge in [0, 0.05) is 39.3 Å². The zero-order chi connectivity index (χ0) is 12.2. The van der Waals surface area contributed by atoms with Gasteiger partial charge in [0.15, 0.2) is 0 Å². The third kappa shape index (κ3) is 8.40. The molecule has 0 bridgehead atoms. The highest BCUT2D eigenvalue weighted by molar-refractivity contribution is 5.86. The lowest BCUT2D eigenvalue weighted by Gasteiger charge is -2.21. The fourth-order valence-electron chi connectivity index (χ4n) is 1.28. The number of hydrogen-bond acceptors (Lipinski definition) is 4. The molecule has 5 heteroatoms. The molecule has 0 atom stereocenters. The molecule has 5 nitrogen and oxygen atoms in total. The van der Waals surface area contributed by atoms with Gasteiger partial charge in [-0.1, -0.05) is 6.58 Å². The molecule has 0 spiro atoms. The first-order valence-corrected chi connectivity index (χ1v) is 5.66. The van der Waals surface area contributed by atoms with Crippen molar-refractivity contribution in [3.63, 3.8) is 0 Å². The largest absolute Gasteiger partial charge is 0.351 e. The summed E-state index contributed by atoms with van der Waals surface area (Å²) in [5, 5.41) is 9.01. The average molecular weight is 228 g/mol. The van der Waals surface area contributed by atoms with Crippen molar-refractivity contribution in [1.29, 1.82) is 0 Å². The van der Waals surface area contributed by atoms with Crippen LogP contribution in [0.4, 0.5) is 0 Å². The monoisotopic (exact) mass is 228 g/mol. The Morgan fingerprint density at radius 3 is 2.06 bits per heavy atom.